The molecule has 0 saturated heterocycles. The summed E-state index contributed by atoms with van der Waals surface area (Å²) < 4.78 is 20.3. The summed E-state index contributed by atoms with van der Waals surface area (Å²) in [4.78, 5) is 29.2. The monoisotopic (exact) mass is 421 g/mol. The Bertz CT molecular complexity index is 1100. The molecule has 6 nitrogen and oxygen atoms in total. The molecule has 0 radical (unpaired) electrons. The predicted molar refractivity (Wildman–Crippen MR) is 115 cm³/mol. The molecule has 1 aliphatic carbocycles. The molecular weight excluding hydrogens is 397 g/mol. The molecule has 1 aromatic carbocycles. The molecule has 0 aliphatic heterocycles. The van der Waals surface area contributed by atoms with E-state index in [1.54, 1.807) is 30.3 Å². The number of aromatic nitrogens is 2. The number of nitrogens with one attached hydrogen (secondary N) is 1. The number of esters is 1. The van der Waals surface area contributed by atoms with E-state index in [9.17, 15) is 14.0 Å². The van der Waals surface area contributed by atoms with Crippen molar-refractivity contribution in [2.75, 3.05) is 11.9 Å². The van der Waals surface area contributed by atoms with E-state index >= 15 is 0 Å². The van der Waals surface area contributed by atoms with Crippen LogP contribution in [0.25, 0.3) is 0 Å². The molecule has 31 heavy (non-hydrogen) atoms. The molecule has 1 fully saturated rings. The third-order valence-corrected chi connectivity index (χ3v) is 5.39. The predicted octanol–water partition coefficient (Wildman–Crippen LogP) is 4.30. The summed E-state index contributed by atoms with van der Waals surface area (Å²) in [6, 6.07) is 11.9. The van der Waals surface area contributed by atoms with Gasteiger partial charge in [0.15, 0.2) is 6.61 Å². The van der Waals surface area contributed by atoms with Crippen molar-refractivity contribution >= 4 is 17.6 Å². The number of Topliss-reactive ketones (excluding diaryl/α,β-unsaturated/α-hetero) is 1. The Balaban J connectivity index is 1.37. The van der Waals surface area contributed by atoms with Crippen molar-refractivity contribution in [3.63, 3.8) is 0 Å². The second-order valence-electron chi connectivity index (χ2n) is 7.85. The Morgan fingerprint density at radius 3 is 2.55 bits per heavy atom. The zero-order valence-electron chi connectivity index (χ0n) is 17.5. The number of carbonyl (C=O) groups excluding carboxylic acids is 2. The molecule has 2 aromatic heterocycles. The number of hydrogen-bond donors (Lipinski definition) is 1. The largest absolute Gasteiger partial charge is 0.454 e. The average Bonchev–Trinajstić information content (AvgIpc) is 3.54. The van der Waals surface area contributed by atoms with Crippen molar-refractivity contribution in [2.24, 2.45) is 0 Å². The molecule has 1 N–H and O–H groups in total. The number of benzene rings is 1. The van der Waals surface area contributed by atoms with Gasteiger partial charge >= 0.3 is 5.97 Å². The highest BCUT2D eigenvalue weighted by atomic mass is 19.1. The number of rotatable bonds is 8. The molecule has 0 amide bonds. The molecule has 0 bridgehead atoms. The van der Waals surface area contributed by atoms with Gasteiger partial charge in [-0.25, -0.2) is 14.2 Å². The fourth-order valence-electron chi connectivity index (χ4n) is 3.43. The van der Waals surface area contributed by atoms with Gasteiger partial charge in [0.1, 0.15) is 11.6 Å². The summed E-state index contributed by atoms with van der Waals surface area (Å²) in [5.74, 6) is -0.416. The van der Waals surface area contributed by atoms with Crippen LogP contribution in [0.1, 0.15) is 50.5 Å². The van der Waals surface area contributed by atoms with E-state index < -0.39 is 5.97 Å². The van der Waals surface area contributed by atoms with Crippen LogP contribution in [-0.2, 0) is 11.3 Å². The van der Waals surface area contributed by atoms with Crippen LogP contribution in [0.2, 0.25) is 0 Å². The number of aryl methyl sites for hydroxylation is 1. The minimum Gasteiger partial charge on any atom is -0.454 e. The zero-order chi connectivity index (χ0) is 22.0. The fraction of sp³-hybridized carbons (Fsp3) is 0.292. The highest BCUT2D eigenvalue weighted by Crippen LogP contribution is 2.23. The van der Waals surface area contributed by atoms with Crippen molar-refractivity contribution in [2.45, 2.75) is 39.3 Å². The number of nitrogens with zero attached hydrogens (tertiary/aromatic N) is 2. The summed E-state index contributed by atoms with van der Waals surface area (Å²) >= 11 is 0. The van der Waals surface area contributed by atoms with Crippen molar-refractivity contribution in [1.29, 1.82) is 0 Å². The van der Waals surface area contributed by atoms with Crippen LogP contribution < -0.4 is 5.32 Å². The minimum absolute atomic E-state index is 0.271. The highest BCUT2D eigenvalue weighted by molar-refractivity contribution is 6.00. The quantitative estimate of drug-likeness (QED) is 0.434. The lowest BCUT2D eigenvalue weighted by molar-refractivity contribution is 0.0474. The Labute approximate surface area is 180 Å². The van der Waals surface area contributed by atoms with Crippen molar-refractivity contribution in [3.8, 4) is 0 Å². The summed E-state index contributed by atoms with van der Waals surface area (Å²) in [5, 5.41) is 3.25. The molecule has 1 saturated carbocycles. The van der Waals surface area contributed by atoms with Crippen molar-refractivity contribution in [1.82, 2.24) is 9.55 Å². The Hall–Kier alpha value is -3.48. The van der Waals surface area contributed by atoms with Crippen LogP contribution in [0.4, 0.5) is 10.2 Å². The van der Waals surface area contributed by atoms with Crippen molar-refractivity contribution in [3.05, 3.63) is 82.6 Å². The molecular formula is C24H24FN3O3. The van der Waals surface area contributed by atoms with Gasteiger partial charge in [0, 0.05) is 35.7 Å². The number of hydrogen-bond acceptors (Lipinski definition) is 5. The number of carbonyl (C=O) groups is 2. The number of anilines is 1. The van der Waals surface area contributed by atoms with E-state index in [4.69, 9.17) is 4.74 Å². The van der Waals surface area contributed by atoms with Gasteiger partial charge < -0.3 is 14.6 Å². The smallest absolute Gasteiger partial charge is 0.340 e. The van der Waals surface area contributed by atoms with E-state index in [-0.39, 0.29) is 18.2 Å². The first-order valence-electron chi connectivity index (χ1n) is 10.2. The SMILES string of the molecule is Cc1cc(C(=O)COC(=O)c2ccc(NC3CC3)nc2)c(C)n1Cc1ccc(F)cc1. The van der Waals surface area contributed by atoms with E-state index in [0.717, 1.165) is 35.6 Å². The van der Waals surface area contributed by atoms with Crippen LogP contribution in [0, 0.1) is 19.7 Å². The third-order valence-electron chi connectivity index (χ3n) is 5.39. The molecule has 160 valence electrons. The van der Waals surface area contributed by atoms with E-state index in [2.05, 4.69) is 10.3 Å². The van der Waals surface area contributed by atoms with Gasteiger partial charge in [-0.1, -0.05) is 12.1 Å². The molecule has 0 unspecified atom stereocenters. The Morgan fingerprint density at radius 2 is 1.90 bits per heavy atom. The van der Waals surface area contributed by atoms with Gasteiger partial charge in [0.2, 0.25) is 5.78 Å². The molecule has 2 heterocycles. The van der Waals surface area contributed by atoms with E-state index in [0.29, 0.717) is 23.7 Å². The highest BCUT2D eigenvalue weighted by Gasteiger charge is 2.22. The van der Waals surface area contributed by atoms with Gasteiger partial charge in [0.05, 0.1) is 5.56 Å². The lowest BCUT2D eigenvalue weighted by atomic mass is 10.1. The zero-order valence-corrected chi connectivity index (χ0v) is 17.5. The lowest BCUT2D eigenvalue weighted by Gasteiger charge is -2.10. The topological polar surface area (TPSA) is 73.2 Å². The van der Waals surface area contributed by atoms with Gasteiger partial charge in [-0.05, 0) is 62.6 Å². The molecule has 1 aliphatic rings. The summed E-state index contributed by atoms with van der Waals surface area (Å²) in [7, 11) is 0. The number of ether oxygens (including phenoxy) is 1. The van der Waals surface area contributed by atoms with E-state index in [1.807, 2.05) is 18.4 Å². The lowest BCUT2D eigenvalue weighted by Crippen LogP contribution is -2.15. The summed E-state index contributed by atoms with van der Waals surface area (Å²) in [6.07, 6.45) is 3.72. The first-order chi connectivity index (χ1) is 14.9. The summed E-state index contributed by atoms with van der Waals surface area (Å²) in [6.45, 7) is 3.93. The fourth-order valence-corrected chi connectivity index (χ4v) is 3.43. The first-order valence-corrected chi connectivity index (χ1v) is 10.2. The third kappa shape index (κ3) is 4.99. The molecule has 3 aromatic rings. The molecule has 0 atom stereocenters. The van der Waals surface area contributed by atoms with Crippen LogP contribution >= 0.6 is 0 Å². The first kappa shape index (κ1) is 20.8. The standard InChI is InChI=1S/C24H24FN3O3/c1-15-11-21(16(2)28(15)13-17-3-6-19(25)7-4-17)22(29)14-31-24(30)18-5-10-23(26-12-18)27-20-8-9-20/h3-7,10-12,20H,8-9,13-14H2,1-2H3,(H,26,27). The van der Waals surface area contributed by atoms with Gasteiger partial charge in [-0.3, -0.25) is 4.79 Å². The number of pyridine rings is 1. The maximum atomic E-state index is 13.1. The second-order valence-corrected chi connectivity index (χ2v) is 7.85. The summed E-state index contributed by atoms with van der Waals surface area (Å²) in [5.41, 5.74) is 3.42. The molecule has 0 spiro atoms. The maximum absolute atomic E-state index is 13.1. The Morgan fingerprint density at radius 1 is 1.16 bits per heavy atom. The van der Waals surface area contributed by atoms with Crippen molar-refractivity contribution < 1.29 is 18.7 Å². The van der Waals surface area contributed by atoms with Gasteiger partial charge in [-0.2, -0.15) is 0 Å². The second kappa shape index (κ2) is 8.71. The van der Waals surface area contributed by atoms with Gasteiger partial charge in [-0.15, -0.1) is 0 Å². The molecule has 4 rings (SSSR count). The normalized spacial score (nSPS) is 13.1. The van der Waals surface area contributed by atoms with Crippen LogP contribution in [0.15, 0.2) is 48.7 Å². The number of halogens is 1. The molecule has 7 heteroatoms. The van der Waals surface area contributed by atoms with E-state index in [1.165, 1.54) is 18.3 Å². The minimum atomic E-state index is -0.584. The number of ketones is 1. The van der Waals surface area contributed by atoms with Gasteiger partial charge in [0.25, 0.3) is 0 Å². The van der Waals surface area contributed by atoms with Crippen LogP contribution in [0.3, 0.4) is 0 Å². The van der Waals surface area contributed by atoms with Crippen LogP contribution in [-0.4, -0.2) is 34.0 Å². The van der Waals surface area contributed by atoms with Crippen LogP contribution in [0.5, 0.6) is 0 Å². The average molecular weight is 421 g/mol. The maximum Gasteiger partial charge on any atom is 0.340 e. The Kier molecular flexibility index (Phi) is 5.84.